The molecule has 1 saturated carbocycles. The van der Waals surface area contributed by atoms with E-state index in [1.54, 1.807) is 23.6 Å². The number of hydrogen-bond donors (Lipinski definition) is 0. The standard InChI is InChI=1S/C22H34N4O4/c1-6-30-21(29)16-9-11-25(12-10-16)19(27)14-24(5)20(28)18-13-17(15-7-8-15)23-26(18)22(2,3)4/h13,15-16H,6-12,14H2,1-5H3. The summed E-state index contributed by atoms with van der Waals surface area (Å²) in [5.41, 5.74) is 1.17. The number of nitrogens with zero attached hydrogens (tertiary/aromatic N) is 4. The Hall–Kier alpha value is -2.38. The monoisotopic (exact) mass is 418 g/mol. The fraction of sp³-hybridized carbons (Fsp3) is 0.727. The largest absolute Gasteiger partial charge is 0.466 e. The van der Waals surface area contributed by atoms with Gasteiger partial charge >= 0.3 is 5.97 Å². The molecule has 8 nitrogen and oxygen atoms in total. The maximum Gasteiger partial charge on any atom is 0.309 e. The minimum Gasteiger partial charge on any atom is -0.466 e. The molecule has 8 heteroatoms. The van der Waals surface area contributed by atoms with Crippen molar-refractivity contribution in [3.05, 3.63) is 17.5 Å². The van der Waals surface area contributed by atoms with Crippen LogP contribution in [0, 0.1) is 5.92 Å². The van der Waals surface area contributed by atoms with Crippen LogP contribution >= 0.6 is 0 Å². The lowest BCUT2D eigenvalue weighted by atomic mass is 9.97. The van der Waals surface area contributed by atoms with Gasteiger partial charge in [-0.05, 0) is 59.4 Å². The van der Waals surface area contributed by atoms with Gasteiger partial charge in [0.1, 0.15) is 5.69 Å². The van der Waals surface area contributed by atoms with Gasteiger partial charge in [-0.25, -0.2) is 0 Å². The van der Waals surface area contributed by atoms with E-state index in [0.29, 0.717) is 44.1 Å². The minimum atomic E-state index is -0.321. The third-order valence-corrected chi connectivity index (χ3v) is 5.77. The maximum atomic E-state index is 13.1. The zero-order valence-electron chi connectivity index (χ0n) is 18.8. The van der Waals surface area contributed by atoms with Crippen LogP contribution < -0.4 is 0 Å². The van der Waals surface area contributed by atoms with E-state index < -0.39 is 0 Å². The van der Waals surface area contributed by atoms with Crippen molar-refractivity contribution < 1.29 is 19.1 Å². The minimum absolute atomic E-state index is 0.0109. The molecule has 0 spiro atoms. The summed E-state index contributed by atoms with van der Waals surface area (Å²) in [5.74, 6) is -0.168. The van der Waals surface area contributed by atoms with Gasteiger partial charge in [0.25, 0.3) is 5.91 Å². The molecule has 0 bridgehead atoms. The Morgan fingerprint density at radius 3 is 2.33 bits per heavy atom. The molecule has 1 aliphatic heterocycles. The van der Waals surface area contributed by atoms with Crippen molar-refractivity contribution >= 4 is 17.8 Å². The molecule has 0 radical (unpaired) electrons. The molecule has 1 aromatic heterocycles. The SMILES string of the molecule is CCOC(=O)C1CCN(C(=O)CN(C)C(=O)c2cc(C3CC3)nn2C(C)(C)C)CC1. The second kappa shape index (κ2) is 8.78. The molecule has 1 aromatic rings. The van der Waals surface area contributed by atoms with Crippen molar-refractivity contribution in [1.82, 2.24) is 19.6 Å². The first-order chi connectivity index (χ1) is 14.1. The first kappa shape index (κ1) is 22.3. The van der Waals surface area contributed by atoms with Gasteiger partial charge in [-0.15, -0.1) is 0 Å². The lowest BCUT2D eigenvalue weighted by molar-refractivity contribution is -0.151. The van der Waals surface area contributed by atoms with Crippen LogP contribution in [0.2, 0.25) is 0 Å². The van der Waals surface area contributed by atoms with Crippen molar-refractivity contribution in [2.45, 2.75) is 64.8 Å². The Morgan fingerprint density at radius 2 is 1.80 bits per heavy atom. The molecule has 2 heterocycles. The lowest BCUT2D eigenvalue weighted by Gasteiger charge is -2.32. The van der Waals surface area contributed by atoms with E-state index >= 15 is 0 Å². The first-order valence-corrected chi connectivity index (χ1v) is 10.9. The molecule has 30 heavy (non-hydrogen) atoms. The quantitative estimate of drug-likeness (QED) is 0.662. The molecule has 2 amide bonds. The molecule has 0 unspecified atom stereocenters. The number of piperidine rings is 1. The third-order valence-electron chi connectivity index (χ3n) is 5.77. The fourth-order valence-electron chi connectivity index (χ4n) is 3.84. The number of esters is 1. The van der Waals surface area contributed by atoms with Gasteiger partial charge < -0.3 is 14.5 Å². The summed E-state index contributed by atoms with van der Waals surface area (Å²) in [4.78, 5) is 41.0. The second-order valence-corrected chi connectivity index (χ2v) is 9.38. The van der Waals surface area contributed by atoms with Crippen molar-refractivity contribution in [2.75, 3.05) is 33.3 Å². The second-order valence-electron chi connectivity index (χ2n) is 9.38. The summed E-state index contributed by atoms with van der Waals surface area (Å²) in [6.45, 7) is 9.26. The maximum absolute atomic E-state index is 13.1. The Balaban J connectivity index is 1.61. The summed E-state index contributed by atoms with van der Waals surface area (Å²) in [5, 5.41) is 4.69. The topological polar surface area (TPSA) is 84.7 Å². The van der Waals surface area contributed by atoms with Gasteiger partial charge in [-0.2, -0.15) is 5.10 Å². The average Bonchev–Trinajstić information content (AvgIpc) is 3.44. The summed E-state index contributed by atoms with van der Waals surface area (Å²) in [6.07, 6.45) is 3.43. The lowest BCUT2D eigenvalue weighted by Crippen LogP contribution is -2.46. The van der Waals surface area contributed by atoms with E-state index in [2.05, 4.69) is 5.10 Å². The number of carbonyl (C=O) groups is 3. The highest BCUT2D eigenvalue weighted by Gasteiger charge is 2.33. The van der Waals surface area contributed by atoms with Crippen LogP contribution in [0.25, 0.3) is 0 Å². The molecule has 166 valence electrons. The highest BCUT2D eigenvalue weighted by atomic mass is 16.5. The molecule has 2 aliphatic rings. The van der Waals surface area contributed by atoms with E-state index in [9.17, 15) is 14.4 Å². The van der Waals surface area contributed by atoms with E-state index in [1.807, 2.05) is 26.8 Å². The van der Waals surface area contributed by atoms with E-state index in [0.717, 1.165) is 18.5 Å². The number of amides is 2. The molecular formula is C22H34N4O4. The Bertz CT molecular complexity index is 799. The molecule has 0 N–H and O–H groups in total. The Labute approximate surface area is 178 Å². The van der Waals surface area contributed by atoms with Gasteiger partial charge in [0.2, 0.25) is 5.91 Å². The Kier molecular flexibility index (Phi) is 6.53. The van der Waals surface area contributed by atoms with Gasteiger partial charge in [0.05, 0.1) is 30.3 Å². The number of aromatic nitrogens is 2. The van der Waals surface area contributed by atoms with Crippen molar-refractivity contribution in [2.24, 2.45) is 5.92 Å². The summed E-state index contributed by atoms with van der Waals surface area (Å²) < 4.78 is 6.87. The average molecular weight is 419 g/mol. The Morgan fingerprint density at radius 1 is 1.17 bits per heavy atom. The van der Waals surface area contributed by atoms with Crippen LogP contribution in [0.4, 0.5) is 0 Å². The smallest absolute Gasteiger partial charge is 0.309 e. The van der Waals surface area contributed by atoms with E-state index in [-0.39, 0.29) is 35.8 Å². The molecule has 2 fully saturated rings. The van der Waals surface area contributed by atoms with Gasteiger partial charge in [-0.1, -0.05) is 0 Å². The first-order valence-electron chi connectivity index (χ1n) is 10.9. The third kappa shape index (κ3) is 5.02. The van der Waals surface area contributed by atoms with Crippen molar-refractivity contribution in [1.29, 1.82) is 0 Å². The van der Waals surface area contributed by atoms with Crippen LogP contribution in [-0.2, 0) is 19.9 Å². The predicted molar refractivity (Wildman–Crippen MR) is 112 cm³/mol. The normalized spacial score (nSPS) is 17.7. The molecule has 1 saturated heterocycles. The van der Waals surface area contributed by atoms with Gasteiger partial charge in [0.15, 0.2) is 0 Å². The number of hydrogen-bond acceptors (Lipinski definition) is 5. The highest BCUT2D eigenvalue weighted by Crippen LogP contribution is 2.40. The summed E-state index contributed by atoms with van der Waals surface area (Å²) in [6, 6.07) is 1.89. The van der Waals surface area contributed by atoms with Crippen LogP contribution in [0.1, 0.15) is 75.5 Å². The summed E-state index contributed by atoms with van der Waals surface area (Å²) >= 11 is 0. The summed E-state index contributed by atoms with van der Waals surface area (Å²) in [7, 11) is 1.66. The van der Waals surface area contributed by atoms with Crippen LogP contribution in [0.15, 0.2) is 6.07 Å². The zero-order chi connectivity index (χ0) is 22.1. The van der Waals surface area contributed by atoms with Crippen LogP contribution in [0.5, 0.6) is 0 Å². The molecule has 0 atom stereocenters. The molecular weight excluding hydrogens is 384 g/mol. The zero-order valence-corrected chi connectivity index (χ0v) is 18.8. The molecule has 1 aliphatic carbocycles. The number of likely N-dealkylation sites (N-methyl/N-ethyl adjacent to an activating group) is 1. The predicted octanol–water partition coefficient (Wildman–Crippen LogP) is 2.39. The number of ether oxygens (including phenoxy) is 1. The van der Waals surface area contributed by atoms with Crippen molar-refractivity contribution in [3.8, 4) is 0 Å². The number of likely N-dealkylation sites (tertiary alicyclic amines) is 1. The van der Waals surface area contributed by atoms with Crippen LogP contribution in [-0.4, -0.2) is 70.7 Å². The highest BCUT2D eigenvalue weighted by molar-refractivity contribution is 5.95. The van der Waals surface area contributed by atoms with E-state index in [4.69, 9.17) is 4.74 Å². The fourth-order valence-corrected chi connectivity index (χ4v) is 3.84. The number of carbonyl (C=O) groups excluding carboxylic acids is 3. The van der Waals surface area contributed by atoms with Crippen molar-refractivity contribution in [3.63, 3.8) is 0 Å². The molecule has 0 aromatic carbocycles. The van der Waals surface area contributed by atoms with E-state index in [1.165, 1.54) is 4.90 Å². The van der Waals surface area contributed by atoms with Gasteiger partial charge in [-0.3, -0.25) is 19.1 Å². The number of rotatable bonds is 6. The van der Waals surface area contributed by atoms with Gasteiger partial charge in [0, 0.05) is 26.1 Å². The molecule has 3 rings (SSSR count). The van der Waals surface area contributed by atoms with Crippen LogP contribution in [0.3, 0.4) is 0 Å².